The highest BCUT2D eigenvalue weighted by Crippen LogP contribution is 2.20. The van der Waals surface area contributed by atoms with E-state index in [2.05, 4.69) is 41.5 Å². The topological polar surface area (TPSA) is 215 Å². The predicted molar refractivity (Wildman–Crippen MR) is 173 cm³/mol. The van der Waals surface area contributed by atoms with E-state index in [-0.39, 0.29) is 49.3 Å². The van der Waals surface area contributed by atoms with Crippen molar-refractivity contribution in [2.45, 2.75) is 38.0 Å². The summed E-state index contributed by atoms with van der Waals surface area (Å²) < 4.78 is 12.4. The number of aliphatic hydroxyl groups excluding tert-OH is 1. The molecule has 4 amide bonds. The number of hydrogen-bond acceptors (Lipinski definition) is 11. The van der Waals surface area contributed by atoms with Crippen molar-refractivity contribution in [3.63, 3.8) is 0 Å². The van der Waals surface area contributed by atoms with Crippen LogP contribution in [0.1, 0.15) is 34.9 Å². The van der Waals surface area contributed by atoms with Crippen LogP contribution in [0.3, 0.4) is 0 Å². The van der Waals surface area contributed by atoms with Crippen molar-refractivity contribution in [2.75, 3.05) is 19.8 Å². The van der Waals surface area contributed by atoms with E-state index in [1.54, 1.807) is 43.3 Å². The molecule has 2 aliphatic heterocycles. The Kier molecular flexibility index (Phi) is 9.85. The number of carbonyl (C=O) groups is 4. The Labute approximate surface area is 279 Å². The van der Waals surface area contributed by atoms with Crippen LogP contribution in [0.25, 0.3) is 22.4 Å². The Morgan fingerprint density at radius 1 is 1.02 bits per heavy atom. The summed E-state index contributed by atoms with van der Waals surface area (Å²) in [5.41, 5.74) is 1.59. The lowest BCUT2D eigenvalue weighted by Crippen LogP contribution is -2.55. The van der Waals surface area contributed by atoms with Gasteiger partial charge in [-0.25, -0.2) is 14.6 Å². The van der Waals surface area contributed by atoms with Gasteiger partial charge in [0.15, 0.2) is 5.82 Å². The van der Waals surface area contributed by atoms with Crippen LogP contribution in [0, 0.1) is 0 Å². The number of ether oxygens (including phenoxy) is 1. The maximum absolute atomic E-state index is 13.7. The van der Waals surface area contributed by atoms with Gasteiger partial charge in [-0.15, -0.1) is 0 Å². The molecule has 5 aromatic rings. The molecule has 49 heavy (non-hydrogen) atoms. The van der Waals surface area contributed by atoms with E-state index in [9.17, 15) is 24.3 Å². The summed E-state index contributed by atoms with van der Waals surface area (Å²) in [6, 6.07) is 15.8. The molecule has 0 radical (unpaired) electrons. The Morgan fingerprint density at radius 3 is 2.59 bits per heavy atom. The number of aliphatic hydroxyl groups is 1. The van der Waals surface area contributed by atoms with Gasteiger partial charge in [-0.3, -0.25) is 19.2 Å². The van der Waals surface area contributed by atoms with Crippen molar-refractivity contribution in [3.05, 3.63) is 90.1 Å². The van der Waals surface area contributed by atoms with Gasteiger partial charge in [-0.2, -0.15) is 5.10 Å². The summed E-state index contributed by atoms with van der Waals surface area (Å²) in [7, 11) is 0. The second kappa shape index (κ2) is 14.7. The fourth-order valence-electron chi connectivity index (χ4n) is 5.24. The van der Waals surface area contributed by atoms with E-state index in [4.69, 9.17) is 9.26 Å². The molecular weight excluding hydrogens is 634 g/mol. The van der Waals surface area contributed by atoms with E-state index < -0.39 is 42.5 Å². The minimum atomic E-state index is -1.40. The van der Waals surface area contributed by atoms with Crippen molar-refractivity contribution in [1.82, 2.24) is 46.2 Å². The number of carbonyl (C=O) groups excluding carboxylic acids is 4. The lowest BCUT2D eigenvalue weighted by atomic mass is 10.0. The lowest BCUT2D eigenvalue weighted by molar-refractivity contribution is -0.131. The molecule has 5 N–H and O–H groups in total. The SMILES string of the molecule is C[C@@H]1NC(=O)[C@H](CO)NC(=O)[C@@H](NC(=O)c2onc3ncccc23)Cc2ccc(cc2)OCCNC(=O)Cn2nc(-c3ccccc3)nc21. The zero-order chi connectivity index (χ0) is 34.3. The molecule has 16 heteroatoms. The molecule has 7 rings (SSSR count). The number of fused-ring (bicyclic) bond motifs is 15. The van der Waals surface area contributed by atoms with Gasteiger partial charge in [-0.05, 0) is 36.8 Å². The molecule has 5 heterocycles. The molecule has 0 spiro atoms. The van der Waals surface area contributed by atoms with Gasteiger partial charge in [0.25, 0.3) is 5.91 Å². The lowest BCUT2D eigenvalue weighted by Gasteiger charge is -2.23. The number of rotatable bonds is 4. The normalized spacial score (nSPS) is 19.2. The number of pyridine rings is 1. The van der Waals surface area contributed by atoms with E-state index >= 15 is 0 Å². The smallest absolute Gasteiger partial charge is 0.291 e. The second-order valence-corrected chi connectivity index (χ2v) is 11.3. The number of amides is 4. The largest absolute Gasteiger partial charge is 0.492 e. The van der Waals surface area contributed by atoms with Crippen molar-refractivity contribution >= 4 is 34.7 Å². The van der Waals surface area contributed by atoms with Crippen molar-refractivity contribution in [1.29, 1.82) is 0 Å². The molecule has 2 aromatic carbocycles. The summed E-state index contributed by atoms with van der Waals surface area (Å²) in [5, 5.41) is 29.6. The van der Waals surface area contributed by atoms with Crippen molar-refractivity contribution in [3.8, 4) is 17.1 Å². The van der Waals surface area contributed by atoms with Gasteiger partial charge in [0.1, 0.15) is 36.8 Å². The fraction of sp³-hybridized carbons (Fsp3) is 0.273. The quantitative estimate of drug-likeness (QED) is 0.180. The van der Waals surface area contributed by atoms with Crippen molar-refractivity contribution < 1.29 is 33.5 Å². The first kappa shape index (κ1) is 32.8. The predicted octanol–water partition coefficient (Wildman–Crippen LogP) is 0.686. The average Bonchev–Trinajstić information content (AvgIpc) is 3.74. The van der Waals surface area contributed by atoms with Crippen LogP contribution >= 0.6 is 0 Å². The summed E-state index contributed by atoms with van der Waals surface area (Å²) in [5.74, 6) is -1.53. The number of benzene rings is 2. The molecule has 0 fully saturated rings. The molecule has 2 aliphatic rings. The molecular formula is C33H33N9O7. The molecule has 16 nitrogen and oxygen atoms in total. The highest BCUT2D eigenvalue weighted by atomic mass is 16.5. The third-order valence-corrected chi connectivity index (χ3v) is 7.73. The number of aromatic nitrogens is 5. The zero-order valence-electron chi connectivity index (χ0n) is 26.3. The van der Waals surface area contributed by atoms with Crippen LogP contribution in [-0.2, 0) is 27.3 Å². The fourth-order valence-corrected chi connectivity index (χ4v) is 5.24. The Balaban J connectivity index is 1.28. The molecule has 0 aliphatic carbocycles. The summed E-state index contributed by atoms with van der Waals surface area (Å²) in [6.45, 7) is 1.09. The van der Waals surface area contributed by atoms with Crippen LogP contribution in [0.15, 0.2) is 77.4 Å². The number of nitrogens with zero attached hydrogens (tertiary/aromatic N) is 5. The Hall–Kier alpha value is -6.16. The van der Waals surface area contributed by atoms with E-state index in [1.165, 1.54) is 10.9 Å². The highest BCUT2D eigenvalue weighted by molar-refractivity contribution is 6.04. The molecule has 252 valence electrons. The monoisotopic (exact) mass is 667 g/mol. The second-order valence-electron chi connectivity index (χ2n) is 11.3. The maximum atomic E-state index is 13.7. The summed E-state index contributed by atoms with van der Waals surface area (Å²) in [4.78, 5) is 62.0. The summed E-state index contributed by atoms with van der Waals surface area (Å²) in [6.07, 6.45) is 1.52. The van der Waals surface area contributed by atoms with Crippen LogP contribution in [-0.4, -0.2) is 85.5 Å². The Bertz CT molecular complexity index is 1960. The molecule has 3 atom stereocenters. The van der Waals surface area contributed by atoms with E-state index in [1.807, 2.05) is 30.3 Å². The third kappa shape index (κ3) is 7.70. The molecule has 0 saturated heterocycles. The van der Waals surface area contributed by atoms with Gasteiger partial charge in [0, 0.05) is 18.2 Å². The Morgan fingerprint density at radius 2 is 1.82 bits per heavy atom. The zero-order valence-corrected chi connectivity index (χ0v) is 26.3. The van der Waals surface area contributed by atoms with Gasteiger partial charge in [-0.1, -0.05) is 47.6 Å². The molecule has 0 unspecified atom stereocenters. The van der Waals surface area contributed by atoms with Crippen molar-refractivity contribution in [2.24, 2.45) is 0 Å². The van der Waals surface area contributed by atoms with Gasteiger partial charge in [0.2, 0.25) is 29.1 Å². The third-order valence-electron chi connectivity index (χ3n) is 7.73. The first-order valence-electron chi connectivity index (χ1n) is 15.5. The van der Waals surface area contributed by atoms with Gasteiger partial charge in [0.05, 0.1) is 24.6 Å². The first-order chi connectivity index (χ1) is 23.8. The van der Waals surface area contributed by atoms with Crippen LogP contribution in [0.5, 0.6) is 5.75 Å². The number of nitrogens with one attached hydrogen (secondary N) is 4. The van der Waals surface area contributed by atoms with E-state index in [0.717, 1.165) is 0 Å². The standard InChI is InChI=1S/C33H33N9O7/c1-19-30-39-28(21-6-3-2-4-7-21)40-42(30)17-26(44)34-14-15-48-22-11-9-20(10-12-22)16-24(31(45)38-25(18-43)32(46)36-19)37-33(47)27-23-8-5-13-35-29(23)41-49-27/h2-13,19,24-25,43H,14-18H2,1H3,(H,34,44)(H,36,46)(H,37,47)(H,38,45)/t19-,24-,25-/m0/s1. The first-order valence-corrected chi connectivity index (χ1v) is 15.5. The maximum Gasteiger partial charge on any atom is 0.291 e. The van der Waals surface area contributed by atoms with Gasteiger partial charge >= 0.3 is 0 Å². The average molecular weight is 668 g/mol. The van der Waals surface area contributed by atoms with E-state index in [0.29, 0.717) is 28.1 Å². The highest BCUT2D eigenvalue weighted by Gasteiger charge is 2.30. The molecule has 2 bridgehead atoms. The van der Waals surface area contributed by atoms with Gasteiger partial charge < -0.3 is 35.6 Å². The minimum Gasteiger partial charge on any atom is -0.492 e. The van der Waals surface area contributed by atoms with Crippen LogP contribution in [0.2, 0.25) is 0 Å². The minimum absolute atomic E-state index is 0.0137. The molecule has 0 saturated carbocycles. The molecule has 3 aromatic heterocycles. The number of hydrogen-bond donors (Lipinski definition) is 5. The van der Waals surface area contributed by atoms with Crippen LogP contribution in [0.4, 0.5) is 0 Å². The summed E-state index contributed by atoms with van der Waals surface area (Å²) >= 11 is 0. The van der Waals surface area contributed by atoms with Crippen LogP contribution < -0.4 is 26.0 Å².